The van der Waals surface area contributed by atoms with Crippen molar-refractivity contribution in [3.63, 3.8) is 0 Å². The number of rotatable bonds is 4. The average molecular weight is 324 g/mol. The summed E-state index contributed by atoms with van der Waals surface area (Å²) in [6.45, 7) is 4.75. The summed E-state index contributed by atoms with van der Waals surface area (Å²) in [4.78, 5) is 12.0. The average Bonchev–Trinajstić information content (AvgIpc) is 2.77. The van der Waals surface area contributed by atoms with E-state index in [0.717, 1.165) is 25.7 Å². The number of nitrogens with one attached hydrogen (secondary N) is 1. The smallest absolute Gasteiger partial charge is 0.243 e. The van der Waals surface area contributed by atoms with E-state index >= 15 is 0 Å². The first kappa shape index (κ1) is 17.0. The Morgan fingerprint density at radius 3 is 2.36 bits per heavy atom. The van der Waals surface area contributed by atoms with Crippen LogP contribution >= 0.6 is 0 Å². The summed E-state index contributed by atoms with van der Waals surface area (Å²) in [6, 6.07) is 6.51. The number of hydrogen-bond donors (Lipinski definition) is 1. The SMILES string of the molecule is CC(C)C(=O)Nc1cccc(S(=O)(=O)N2CCCCCC2)c1. The van der Waals surface area contributed by atoms with Crippen LogP contribution in [0.5, 0.6) is 0 Å². The summed E-state index contributed by atoms with van der Waals surface area (Å²) in [5.74, 6) is -0.268. The van der Waals surface area contributed by atoms with Gasteiger partial charge in [0, 0.05) is 24.7 Å². The van der Waals surface area contributed by atoms with E-state index in [0.29, 0.717) is 18.8 Å². The van der Waals surface area contributed by atoms with Crippen LogP contribution in [0, 0.1) is 5.92 Å². The number of amides is 1. The van der Waals surface area contributed by atoms with Crippen molar-refractivity contribution in [3.8, 4) is 0 Å². The molecule has 0 radical (unpaired) electrons. The third-order valence-electron chi connectivity index (χ3n) is 3.83. The quantitative estimate of drug-likeness (QED) is 0.926. The van der Waals surface area contributed by atoms with Crippen molar-refractivity contribution in [3.05, 3.63) is 24.3 Å². The number of anilines is 1. The van der Waals surface area contributed by atoms with Gasteiger partial charge >= 0.3 is 0 Å². The first-order valence-corrected chi connectivity index (χ1v) is 9.26. The number of benzene rings is 1. The van der Waals surface area contributed by atoms with Gasteiger partial charge in [0.15, 0.2) is 0 Å². The normalized spacial score (nSPS) is 17.2. The Labute approximate surface area is 132 Å². The van der Waals surface area contributed by atoms with E-state index in [2.05, 4.69) is 5.32 Å². The lowest BCUT2D eigenvalue weighted by atomic mass is 10.2. The van der Waals surface area contributed by atoms with Gasteiger partial charge in [-0.2, -0.15) is 4.31 Å². The van der Waals surface area contributed by atoms with E-state index in [1.54, 1.807) is 42.4 Å². The van der Waals surface area contributed by atoms with Gasteiger partial charge in [-0.25, -0.2) is 8.42 Å². The van der Waals surface area contributed by atoms with Crippen molar-refractivity contribution in [1.82, 2.24) is 4.31 Å². The second-order valence-electron chi connectivity index (χ2n) is 5.99. The topological polar surface area (TPSA) is 66.5 Å². The number of nitrogens with zero attached hydrogens (tertiary/aromatic N) is 1. The molecule has 0 saturated carbocycles. The first-order valence-electron chi connectivity index (χ1n) is 7.82. The Hall–Kier alpha value is -1.40. The molecule has 22 heavy (non-hydrogen) atoms. The summed E-state index contributed by atoms with van der Waals surface area (Å²) >= 11 is 0. The molecule has 1 N–H and O–H groups in total. The summed E-state index contributed by atoms with van der Waals surface area (Å²) in [5.41, 5.74) is 0.523. The molecule has 1 aromatic rings. The highest BCUT2D eigenvalue weighted by atomic mass is 32.2. The Morgan fingerprint density at radius 2 is 1.77 bits per heavy atom. The van der Waals surface area contributed by atoms with Crippen LogP contribution < -0.4 is 5.32 Å². The molecule has 1 saturated heterocycles. The molecule has 0 spiro atoms. The fraction of sp³-hybridized carbons (Fsp3) is 0.562. The molecule has 1 aliphatic rings. The van der Waals surface area contributed by atoms with Gasteiger partial charge in [0.05, 0.1) is 4.90 Å². The molecule has 1 fully saturated rings. The summed E-state index contributed by atoms with van der Waals surface area (Å²) in [5, 5.41) is 2.75. The van der Waals surface area contributed by atoms with Gasteiger partial charge in [-0.15, -0.1) is 0 Å². The largest absolute Gasteiger partial charge is 0.326 e. The van der Waals surface area contributed by atoms with Crippen LogP contribution in [-0.2, 0) is 14.8 Å². The van der Waals surface area contributed by atoms with E-state index in [-0.39, 0.29) is 16.7 Å². The molecule has 1 aliphatic heterocycles. The molecule has 0 unspecified atom stereocenters. The standard InChI is InChI=1S/C16H24N2O3S/c1-13(2)16(19)17-14-8-7-9-15(12-14)22(20,21)18-10-5-3-4-6-11-18/h7-9,12-13H,3-6,10-11H2,1-2H3,(H,17,19). The number of hydrogen-bond acceptors (Lipinski definition) is 3. The predicted molar refractivity (Wildman–Crippen MR) is 87.1 cm³/mol. The monoisotopic (exact) mass is 324 g/mol. The van der Waals surface area contributed by atoms with E-state index in [1.165, 1.54) is 0 Å². The van der Waals surface area contributed by atoms with Crippen molar-refractivity contribution in [1.29, 1.82) is 0 Å². The summed E-state index contributed by atoms with van der Waals surface area (Å²) in [7, 11) is -3.48. The molecule has 0 bridgehead atoms. The molecule has 1 amide bonds. The number of carbonyl (C=O) groups is 1. The maximum Gasteiger partial charge on any atom is 0.243 e. The van der Waals surface area contributed by atoms with Gasteiger partial charge in [-0.3, -0.25) is 4.79 Å². The maximum absolute atomic E-state index is 12.7. The van der Waals surface area contributed by atoms with Crippen LogP contribution in [0.1, 0.15) is 39.5 Å². The zero-order valence-corrected chi connectivity index (χ0v) is 14.0. The Bertz CT molecular complexity index is 618. The third kappa shape index (κ3) is 4.08. The molecular weight excluding hydrogens is 300 g/mol. The van der Waals surface area contributed by atoms with Gasteiger partial charge in [0.1, 0.15) is 0 Å². The second-order valence-corrected chi connectivity index (χ2v) is 7.93. The van der Waals surface area contributed by atoms with Gasteiger partial charge in [-0.1, -0.05) is 32.8 Å². The number of carbonyl (C=O) groups excluding carboxylic acids is 1. The lowest BCUT2D eigenvalue weighted by Crippen LogP contribution is -2.32. The third-order valence-corrected chi connectivity index (χ3v) is 5.72. The minimum atomic E-state index is -3.48. The molecule has 0 aliphatic carbocycles. The molecular formula is C16H24N2O3S. The lowest BCUT2D eigenvalue weighted by Gasteiger charge is -2.20. The lowest BCUT2D eigenvalue weighted by molar-refractivity contribution is -0.118. The van der Waals surface area contributed by atoms with Crippen molar-refractivity contribution in [2.75, 3.05) is 18.4 Å². The van der Waals surface area contributed by atoms with Crippen molar-refractivity contribution in [2.24, 2.45) is 5.92 Å². The molecule has 0 atom stereocenters. The minimum Gasteiger partial charge on any atom is -0.326 e. The van der Waals surface area contributed by atoms with Crippen LogP contribution in [0.4, 0.5) is 5.69 Å². The molecule has 0 aromatic heterocycles. The second kappa shape index (κ2) is 7.24. The molecule has 1 heterocycles. The van der Waals surface area contributed by atoms with Gasteiger partial charge in [0.25, 0.3) is 0 Å². The molecule has 6 heteroatoms. The zero-order valence-electron chi connectivity index (χ0n) is 13.2. The summed E-state index contributed by atoms with van der Waals surface area (Å²) < 4.78 is 27.0. The van der Waals surface area contributed by atoms with Crippen molar-refractivity contribution < 1.29 is 13.2 Å². The van der Waals surface area contributed by atoms with E-state index < -0.39 is 10.0 Å². The maximum atomic E-state index is 12.7. The Kier molecular flexibility index (Phi) is 5.58. The molecule has 122 valence electrons. The first-order chi connectivity index (χ1) is 10.4. The van der Waals surface area contributed by atoms with Gasteiger partial charge in [-0.05, 0) is 31.0 Å². The van der Waals surface area contributed by atoms with Crippen molar-refractivity contribution in [2.45, 2.75) is 44.4 Å². The summed E-state index contributed by atoms with van der Waals surface area (Å²) in [6.07, 6.45) is 3.97. The van der Waals surface area contributed by atoms with Crippen LogP contribution in [0.25, 0.3) is 0 Å². The van der Waals surface area contributed by atoms with E-state index in [4.69, 9.17) is 0 Å². The van der Waals surface area contributed by atoms with E-state index in [9.17, 15) is 13.2 Å². The molecule has 2 rings (SSSR count). The fourth-order valence-electron chi connectivity index (χ4n) is 2.45. The number of sulfonamides is 1. The Balaban J connectivity index is 2.22. The highest BCUT2D eigenvalue weighted by Gasteiger charge is 2.25. The Morgan fingerprint density at radius 1 is 1.14 bits per heavy atom. The van der Waals surface area contributed by atoms with E-state index in [1.807, 2.05) is 0 Å². The van der Waals surface area contributed by atoms with Crippen LogP contribution in [-0.4, -0.2) is 31.7 Å². The van der Waals surface area contributed by atoms with Crippen LogP contribution in [0.3, 0.4) is 0 Å². The minimum absolute atomic E-state index is 0.121. The van der Waals surface area contributed by atoms with Crippen LogP contribution in [0.15, 0.2) is 29.2 Å². The molecule has 1 aromatic carbocycles. The zero-order chi connectivity index (χ0) is 16.2. The van der Waals surface area contributed by atoms with Gasteiger partial charge in [0.2, 0.25) is 15.9 Å². The van der Waals surface area contributed by atoms with Gasteiger partial charge < -0.3 is 5.32 Å². The van der Waals surface area contributed by atoms with Crippen LogP contribution in [0.2, 0.25) is 0 Å². The molecule has 5 nitrogen and oxygen atoms in total. The fourth-order valence-corrected chi connectivity index (χ4v) is 4.02. The highest BCUT2D eigenvalue weighted by molar-refractivity contribution is 7.89. The van der Waals surface area contributed by atoms with Crippen molar-refractivity contribution >= 4 is 21.6 Å². The highest BCUT2D eigenvalue weighted by Crippen LogP contribution is 2.22. The predicted octanol–water partition coefficient (Wildman–Crippen LogP) is 2.85.